The lowest BCUT2D eigenvalue weighted by Gasteiger charge is -2.35. The summed E-state index contributed by atoms with van der Waals surface area (Å²) in [6.45, 7) is 2.51. The molecule has 1 fully saturated rings. The number of amides is 1. The van der Waals surface area contributed by atoms with Crippen molar-refractivity contribution in [3.63, 3.8) is 0 Å². The van der Waals surface area contributed by atoms with E-state index in [-0.39, 0.29) is 24.0 Å². The van der Waals surface area contributed by atoms with E-state index in [1.165, 1.54) is 30.3 Å². The number of nitrogens with zero attached hydrogens (tertiary/aromatic N) is 3. The Bertz CT molecular complexity index is 839. The van der Waals surface area contributed by atoms with Crippen molar-refractivity contribution in [3.05, 3.63) is 63.4 Å². The number of carbonyl (C=O) groups is 1. The second-order valence-corrected chi connectivity index (χ2v) is 6.64. The quantitative estimate of drug-likeness (QED) is 0.624. The Morgan fingerprint density at radius 2 is 1.81 bits per heavy atom. The normalized spacial score (nSPS) is 14.8. The predicted octanol–water partition coefficient (Wildman–Crippen LogP) is 3.15. The topological polar surface area (TPSA) is 78.7 Å². The molecule has 1 aliphatic rings. The van der Waals surface area contributed by atoms with Gasteiger partial charge in [0, 0.05) is 43.0 Å². The molecule has 0 bridgehead atoms. The summed E-state index contributed by atoms with van der Waals surface area (Å²) >= 11 is 5.86. The number of piperazine rings is 1. The number of hydrogen-bond donors (Lipinski definition) is 1. The molecular formula is C18H18ClFN4O3. The number of carbonyl (C=O) groups excluding carboxylic acids is 1. The molecule has 0 aromatic heterocycles. The van der Waals surface area contributed by atoms with Gasteiger partial charge in [-0.1, -0.05) is 11.6 Å². The van der Waals surface area contributed by atoms with Crippen LogP contribution < -0.4 is 10.2 Å². The lowest BCUT2D eigenvalue weighted by atomic mass is 10.2. The molecule has 1 N–H and O–H groups in total. The fourth-order valence-corrected chi connectivity index (χ4v) is 3.16. The molecule has 0 spiro atoms. The lowest BCUT2D eigenvalue weighted by molar-refractivity contribution is -0.384. The van der Waals surface area contributed by atoms with Crippen molar-refractivity contribution in [2.75, 3.05) is 42.9 Å². The fraction of sp³-hybridized carbons (Fsp3) is 0.278. The number of rotatable bonds is 5. The first-order valence-electron chi connectivity index (χ1n) is 8.39. The van der Waals surface area contributed by atoms with Gasteiger partial charge in [0.2, 0.25) is 5.91 Å². The number of halogens is 2. The third-order valence-electron chi connectivity index (χ3n) is 4.34. The van der Waals surface area contributed by atoms with Gasteiger partial charge in [-0.25, -0.2) is 4.39 Å². The molecule has 0 unspecified atom stereocenters. The van der Waals surface area contributed by atoms with Crippen LogP contribution in [0.25, 0.3) is 0 Å². The Hall–Kier alpha value is -2.71. The van der Waals surface area contributed by atoms with E-state index in [1.807, 2.05) is 9.80 Å². The minimum atomic E-state index is -0.441. The van der Waals surface area contributed by atoms with Gasteiger partial charge in [-0.2, -0.15) is 0 Å². The molecular weight excluding hydrogens is 375 g/mol. The zero-order valence-corrected chi connectivity index (χ0v) is 15.2. The number of hydrogen-bond acceptors (Lipinski definition) is 5. The van der Waals surface area contributed by atoms with Gasteiger partial charge >= 0.3 is 0 Å². The Balaban J connectivity index is 1.55. The van der Waals surface area contributed by atoms with Gasteiger partial charge in [0.05, 0.1) is 11.5 Å². The summed E-state index contributed by atoms with van der Waals surface area (Å²) in [5.74, 6) is -0.548. The largest absolute Gasteiger partial charge is 0.363 e. The summed E-state index contributed by atoms with van der Waals surface area (Å²) in [5, 5.41) is 14.3. The number of benzene rings is 2. The van der Waals surface area contributed by atoms with Gasteiger partial charge in [-0.05, 0) is 36.4 Å². The van der Waals surface area contributed by atoms with Gasteiger partial charge in [0.25, 0.3) is 5.69 Å². The minimum Gasteiger partial charge on any atom is -0.363 e. The summed E-state index contributed by atoms with van der Waals surface area (Å²) in [6.07, 6.45) is 0. The van der Waals surface area contributed by atoms with Crippen molar-refractivity contribution in [2.24, 2.45) is 0 Å². The zero-order valence-electron chi connectivity index (χ0n) is 14.4. The summed E-state index contributed by atoms with van der Waals surface area (Å²) in [5.41, 5.74) is 1.04. The average molecular weight is 393 g/mol. The van der Waals surface area contributed by atoms with Crippen LogP contribution in [0, 0.1) is 15.9 Å². The molecule has 1 heterocycles. The highest BCUT2D eigenvalue weighted by Crippen LogP contribution is 2.31. The van der Waals surface area contributed by atoms with Gasteiger partial charge in [0.15, 0.2) is 0 Å². The first kappa shape index (κ1) is 19.1. The third kappa shape index (κ3) is 4.93. The summed E-state index contributed by atoms with van der Waals surface area (Å²) < 4.78 is 12.9. The van der Waals surface area contributed by atoms with Crippen molar-refractivity contribution in [1.29, 1.82) is 0 Å². The second kappa shape index (κ2) is 8.32. The molecule has 1 aliphatic heterocycles. The van der Waals surface area contributed by atoms with Crippen LogP contribution in [0.1, 0.15) is 0 Å². The Morgan fingerprint density at radius 3 is 2.44 bits per heavy atom. The van der Waals surface area contributed by atoms with E-state index in [4.69, 9.17) is 11.6 Å². The van der Waals surface area contributed by atoms with Gasteiger partial charge < -0.3 is 10.2 Å². The average Bonchev–Trinajstić information content (AvgIpc) is 2.64. The lowest BCUT2D eigenvalue weighted by Crippen LogP contribution is -2.48. The molecule has 3 rings (SSSR count). The third-order valence-corrected chi connectivity index (χ3v) is 4.58. The van der Waals surface area contributed by atoms with Crippen molar-refractivity contribution in [2.45, 2.75) is 0 Å². The first-order chi connectivity index (χ1) is 12.9. The van der Waals surface area contributed by atoms with Crippen LogP contribution in [0.15, 0.2) is 42.5 Å². The van der Waals surface area contributed by atoms with Crippen LogP contribution in [0.2, 0.25) is 5.02 Å². The molecule has 0 saturated carbocycles. The number of nitro benzene ring substituents is 1. The number of nitrogens with one attached hydrogen (secondary N) is 1. The van der Waals surface area contributed by atoms with Crippen LogP contribution in [0.4, 0.5) is 21.5 Å². The number of nitro groups is 1. The van der Waals surface area contributed by atoms with Gasteiger partial charge in [-0.3, -0.25) is 19.8 Å². The monoisotopic (exact) mass is 392 g/mol. The Labute approximate surface area is 160 Å². The van der Waals surface area contributed by atoms with Crippen LogP contribution in [0.3, 0.4) is 0 Å². The molecule has 9 heteroatoms. The Morgan fingerprint density at radius 1 is 1.15 bits per heavy atom. The molecule has 0 radical (unpaired) electrons. The fourth-order valence-electron chi connectivity index (χ4n) is 2.99. The van der Waals surface area contributed by atoms with E-state index in [2.05, 4.69) is 5.32 Å². The molecule has 2 aromatic rings. The van der Waals surface area contributed by atoms with Crippen molar-refractivity contribution in [3.8, 4) is 0 Å². The molecule has 27 heavy (non-hydrogen) atoms. The highest BCUT2D eigenvalue weighted by atomic mass is 35.5. The molecule has 7 nitrogen and oxygen atoms in total. The molecule has 142 valence electrons. The number of anilines is 2. The molecule has 0 atom stereocenters. The zero-order chi connectivity index (χ0) is 19.4. The summed E-state index contributed by atoms with van der Waals surface area (Å²) in [7, 11) is 0. The first-order valence-corrected chi connectivity index (χ1v) is 8.77. The maximum absolute atomic E-state index is 12.9. The maximum atomic E-state index is 12.9. The van der Waals surface area contributed by atoms with E-state index in [0.29, 0.717) is 42.6 Å². The molecule has 1 amide bonds. The van der Waals surface area contributed by atoms with Crippen LogP contribution in [-0.2, 0) is 4.79 Å². The van der Waals surface area contributed by atoms with E-state index >= 15 is 0 Å². The van der Waals surface area contributed by atoms with Crippen molar-refractivity contribution >= 4 is 34.6 Å². The minimum absolute atomic E-state index is 0.0231. The molecule has 1 saturated heterocycles. The standard InChI is InChI=1S/C18H18ClFN4O3/c19-13-1-6-16(17(11-13)24(26)27)23-9-7-22(8-10-23)12-18(25)21-15-4-2-14(20)3-5-15/h1-6,11H,7-10,12H2,(H,21,25). The van der Waals surface area contributed by atoms with E-state index in [0.717, 1.165) is 0 Å². The molecule has 2 aromatic carbocycles. The maximum Gasteiger partial charge on any atom is 0.294 e. The highest BCUT2D eigenvalue weighted by molar-refractivity contribution is 6.30. The van der Waals surface area contributed by atoms with Gasteiger partial charge in [-0.15, -0.1) is 0 Å². The summed E-state index contributed by atoms with van der Waals surface area (Å²) in [4.78, 5) is 26.8. The van der Waals surface area contributed by atoms with Crippen LogP contribution in [-0.4, -0.2) is 48.5 Å². The second-order valence-electron chi connectivity index (χ2n) is 6.21. The predicted molar refractivity (Wildman–Crippen MR) is 102 cm³/mol. The van der Waals surface area contributed by atoms with Gasteiger partial charge in [0.1, 0.15) is 11.5 Å². The van der Waals surface area contributed by atoms with Crippen LogP contribution >= 0.6 is 11.6 Å². The van der Waals surface area contributed by atoms with Crippen molar-refractivity contribution < 1.29 is 14.1 Å². The highest BCUT2D eigenvalue weighted by Gasteiger charge is 2.24. The van der Waals surface area contributed by atoms with Crippen molar-refractivity contribution in [1.82, 2.24) is 4.90 Å². The van der Waals surface area contributed by atoms with E-state index in [9.17, 15) is 19.3 Å². The SMILES string of the molecule is O=C(CN1CCN(c2ccc(Cl)cc2[N+](=O)[O-])CC1)Nc1ccc(F)cc1. The summed E-state index contributed by atoms with van der Waals surface area (Å²) in [6, 6.07) is 10.2. The smallest absolute Gasteiger partial charge is 0.294 e. The molecule has 0 aliphatic carbocycles. The van der Waals surface area contributed by atoms with E-state index < -0.39 is 4.92 Å². The Kier molecular flexibility index (Phi) is 5.88. The van der Waals surface area contributed by atoms with E-state index in [1.54, 1.807) is 12.1 Å². The van der Waals surface area contributed by atoms with Crippen LogP contribution in [0.5, 0.6) is 0 Å².